The Balaban J connectivity index is 0.000000127. The highest BCUT2D eigenvalue weighted by Crippen LogP contribution is 2.55. The molecule has 7 aliphatic heterocycles. The molecule has 6 N–H and O–H groups in total. The number of likely N-dealkylation sites (N-methyl/N-ethyl adjacent to an activating group) is 2. The van der Waals surface area contributed by atoms with Crippen LogP contribution in [0.2, 0.25) is 0 Å². The van der Waals surface area contributed by atoms with Crippen LogP contribution in [0.1, 0.15) is 151 Å². The zero-order chi connectivity index (χ0) is 80.9. The third-order valence-electron chi connectivity index (χ3n) is 24.3. The molecule has 4 aromatic carbocycles. The second-order valence-electron chi connectivity index (χ2n) is 32.8. The number of nitrogens with one attached hydrogen (secondary N) is 2. The Labute approximate surface area is 654 Å². The van der Waals surface area contributed by atoms with E-state index in [9.17, 15) is 54.0 Å². The van der Waals surface area contributed by atoms with Gasteiger partial charge in [0, 0.05) is 87.7 Å². The number of aliphatic hydroxyl groups excluding tert-OH is 1. The number of aryl methyl sites for hydroxylation is 1. The van der Waals surface area contributed by atoms with Crippen LogP contribution in [-0.2, 0) is 94.6 Å². The lowest BCUT2D eigenvalue weighted by atomic mass is 9.76. The first-order valence-electron chi connectivity index (χ1n) is 38.7. The third-order valence-corrected chi connectivity index (χ3v) is 24.3. The average molecular weight is 1540 g/mol. The maximum atomic E-state index is 13.9. The number of cyclic esters (lactones) is 2. The van der Waals surface area contributed by atoms with Gasteiger partial charge < -0.3 is 73.3 Å². The normalized spacial score (nSPS) is 21.6. The topological polar surface area (TPSA) is 318 Å². The van der Waals surface area contributed by atoms with Gasteiger partial charge in [0.25, 0.3) is 11.1 Å². The van der Waals surface area contributed by atoms with Crippen LogP contribution >= 0.6 is 0 Å². The Morgan fingerprint density at radius 3 is 1.80 bits per heavy atom. The maximum Gasteiger partial charge on any atom is 0.343 e. The lowest BCUT2D eigenvalue weighted by Crippen LogP contribution is -2.61. The largest absolute Gasteiger partial charge is 0.499 e. The van der Waals surface area contributed by atoms with E-state index in [4.69, 9.17) is 33.7 Å². The molecule has 0 bridgehead atoms. The Hall–Kier alpha value is -10.8. The van der Waals surface area contributed by atoms with E-state index in [1.807, 2.05) is 128 Å². The minimum atomic E-state index is -1.79. The fourth-order valence-electron chi connectivity index (χ4n) is 18.0. The lowest BCUT2D eigenvalue weighted by molar-refractivity contribution is -0.172. The van der Waals surface area contributed by atoms with Crippen LogP contribution in [0.25, 0.3) is 55.5 Å². The zero-order valence-electron chi connectivity index (χ0n) is 66.4. The van der Waals surface area contributed by atoms with Gasteiger partial charge in [0.2, 0.25) is 18.6 Å². The summed E-state index contributed by atoms with van der Waals surface area (Å²) in [7, 11) is 7.06. The van der Waals surface area contributed by atoms with Crippen molar-refractivity contribution < 1.29 is 68.1 Å². The number of aliphatic carboxylic acids is 1. The summed E-state index contributed by atoms with van der Waals surface area (Å²) in [6, 6.07) is 33.5. The summed E-state index contributed by atoms with van der Waals surface area (Å²) in [6.07, 6.45) is 8.73. The molecule has 12 heterocycles. The minimum Gasteiger partial charge on any atom is -0.499 e. The number of carbonyl (C=O) groups is 5. The monoisotopic (exact) mass is 1540 g/mol. The molecule has 1 aliphatic carbocycles. The van der Waals surface area contributed by atoms with Gasteiger partial charge in [-0.25, -0.2) is 24.4 Å². The third kappa shape index (κ3) is 13.5. The Bertz CT molecular complexity index is 5390. The number of esters is 2. The lowest BCUT2D eigenvalue weighted by Gasteiger charge is -2.39. The van der Waals surface area contributed by atoms with E-state index in [0.29, 0.717) is 52.5 Å². The van der Waals surface area contributed by atoms with Crippen molar-refractivity contribution in [2.45, 2.75) is 180 Å². The molecule has 8 aliphatic rings. The number of carboxylic acids is 1. The number of amides is 2. The summed E-state index contributed by atoms with van der Waals surface area (Å²) in [5.74, 6) is -0.671. The van der Waals surface area contributed by atoms with Gasteiger partial charge in [0.15, 0.2) is 22.7 Å². The number of para-hydroxylation sites is 3. The predicted molar refractivity (Wildman–Crippen MR) is 426 cm³/mol. The first-order valence-corrected chi connectivity index (χ1v) is 38.7. The molecular formula is C88H99N9O16. The van der Waals surface area contributed by atoms with Crippen molar-refractivity contribution in [3.63, 3.8) is 0 Å². The second kappa shape index (κ2) is 29.9. The molecular weight excluding hydrogens is 1440 g/mol. The molecule has 17 rings (SSSR count). The number of pyridine rings is 4. The van der Waals surface area contributed by atoms with E-state index in [-0.39, 0.29) is 78.7 Å². The number of fused-ring (bicyclic) bond motifs is 14. The van der Waals surface area contributed by atoms with Gasteiger partial charge in [-0.05, 0) is 141 Å². The molecule has 8 atom stereocenters. The van der Waals surface area contributed by atoms with Gasteiger partial charge in [-0.2, -0.15) is 0 Å². The van der Waals surface area contributed by atoms with Crippen molar-refractivity contribution in [1.82, 2.24) is 44.1 Å². The number of carboxylic acid groups (broad SMARTS) is 1. The molecule has 1 fully saturated rings. The summed E-state index contributed by atoms with van der Waals surface area (Å²) in [4.78, 5) is 103. The summed E-state index contributed by atoms with van der Waals surface area (Å²) >= 11 is 0. The number of benzene rings is 4. The highest BCUT2D eigenvalue weighted by atomic mass is 16.7. The van der Waals surface area contributed by atoms with E-state index in [1.54, 1.807) is 67.3 Å². The van der Waals surface area contributed by atoms with Gasteiger partial charge >= 0.3 is 17.9 Å². The van der Waals surface area contributed by atoms with Crippen LogP contribution in [-0.4, -0.2) is 154 Å². The SMILES string of the molecule is CC[C@@]1(O)C(=O)OCc2c1cc1n(c2=O)Cc2cc3ccccc3nc2-1.CC[C@@]1(O)C(=O)OCc2c1cc1n(c2=O)Cc2cc3ccccc3nc2-1.CNC(C(=O)N[C@H](C(=O)N(C)[C@H](/C=C(\C)C(=O)O)C(C)C)C(C)(C)C)C(C)(C)c1cn(C)c2ccccc12.COC1=C[C@]23CCCN2CCc2cc4c(cc2[C@@H]3[C@@H]1O)OCO4. The molecule has 2 amide bonds. The molecule has 1 unspecified atom stereocenters. The van der Waals surface area contributed by atoms with Gasteiger partial charge in [-0.1, -0.05) is 123 Å². The standard InChI is InChI=1S/C30H46N4O4.2C20H16N2O4.C18H21NO4/c1-18(2)23(16-19(3)28(37)38)34(11)27(36)25(29(4,5)6)32-26(35)24(31-9)30(7,8)21-17-33(10)22-15-13-12-14-20(21)22;2*1-2-20(25)14-8-16-17-12(7-11-5-3-4-6-15(11)21-17)9-22(16)18(23)13(14)10-26-19(20)24;1-21-15-9-18-4-2-5-19(18)6-3-11-7-13-14(23-10-22-13)8-12(11)16(18)17(15)20/h12-18,23-25,31H,1-11H3,(H,32,35)(H,37,38);2*3-8,25H,2,9-10H2,1H3;7-9,16-17,20H,2-6,10H2,1H3/b19-16+;;;/t23-,24?,25-;2*20-;16-,17-,18+/m1001/s1. The fraction of sp³-hybridized carbons (Fsp3) is 0.420. The molecule has 592 valence electrons. The van der Waals surface area contributed by atoms with Crippen molar-refractivity contribution in [3.05, 3.63) is 210 Å². The highest BCUT2D eigenvalue weighted by Gasteiger charge is 2.57. The predicted octanol–water partition coefficient (Wildman–Crippen LogP) is 10.0. The van der Waals surface area contributed by atoms with Crippen LogP contribution in [0.5, 0.6) is 11.5 Å². The van der Waals surface area contributed by atoms with Gasteiger partial charge in [0.1, 0.15) is 31.1 Å². The molecule has 1 spiro atoms. The first kappa shape index (κ1) is 78.8. The molecule has 0 saturated carbocycles. The quantitative estimate of drug-likeness (QED) is 0.0462. The maximum absolute atomic E-state index is 13.9. The van der Waals surface area contributed by atoms with Crippen LogP contribution in [0.15, 0.2) is 148 Å². The smallest absolute Gasteiger partial charge is 0.343 e. The number of aliphatic hydroxyl groups is 3. The molecule has 0 radical (unpaired) electrons. The average Bonchev–Trinajstić information content (AvgIpc) is 1.55. The van der Waals surface area contributed by atoms with E-state index < -0.39 is 64.2 Å². The zero-order valence-corrected chi connectivity index (χ0v) is 66.4. The fourth-order valence-corrected chi connectivity index (χ4v) is 18.0. The Morgan fingerprint density at radius 1 is 0.735 bits per heavy atom. The number of ether oxygens (including phenoxy) is 5. The van der Waals surface area contributed by atoms with Crippen molar-refractivity contribution in [2.75, 3.05) is 41.1 Å². The van der Waals surface area contributed by atoms with Crippen molar-refractivity contribution in [3.8, 4) is 34.3 Å². The van der Waals surface area contributed by atoms with Crippen LogP contribution in [0, 0.1) is 11.3 Å². The number of hydrogen-bond acceptors (Lipinski definition) is 19. The number of methoxy groups -OCH3 is 1. The van der Waals surface area contributed by atoms with Crippen molar-refractivity contribution >= 4 is 62.4 Å². The number of carbonyl (C=O) groups excluding carboxylic acids is 4. The molecule has 9 aromatic rings. The van der Waals surface area contributed by atoms with Crippen LogP contribution in [0.3, 0.4) is 0 Å². The minimum absolute atomic E-state index is 0.00644. The van der Waals surface area contributed by atoms with E-state index in [1.165, 1.54) is 18.1 Å². The number of hydrogen-bond donors (Lipinski definition) is 6. The molecule has 25 heteroatoms. The van der Waals surface area contributed by atoms with E-state index in [0.717, 1.165) is 105 Å². The molecule has 1 saturated heterocycles. The summed E-state index contributed by atoms with van der Waals surface area (Å²) in [5, 5.41) is 51.4. The molecule has 5 aromatic heterocycles. The molecule has 25 nitrogen and oxygen atoms in total. The number of aromatic nitrogens is 5. The summed E-state index contributed by atoms with van der Waals surface area (Å²) in [5.41, 5.74) is 7.06. The second-order valence-corrected chi connectivity index (χ2v) is 32.8. The van der Waals surface area contributed by atoms with E-state index >= 15 is 0 Å². The highest BCUT2D eigenvalue weighted by molar-refractivity contribution is 5.94. The van der Waals surface area contributed by atoms with Gasteiger partial charge in [-0.15, -0.1) is 0 Å². The number of nitrogens with zero attached hydrogens (tertiary/aromatic N) is 7. The Kier molecular flexibility index (Phi) is 20.9. The van der Waals surface area contributed by atoms with E-state index in [2.05, 4.69) is 56.6 Å². The van der Waals surface area contributed by atoms with Gasteiger partial charge in [-0.3, -0.25) is 24.1 Å². The van der Waals surface area contributed by atoms with Crippen molar-refractivity contribution in [2.24, 2.45) is 18.4 Å². The van der Waals surface area contributed by atoms with Crippen molar-refractivity contribution in [1.29, 1.82) is 0 Å². The van der Waals surface area contributed by atoms with Crippen LogP contribution in [0.4, 0.5) is 0 Å². The Morgan fingerprint density at radius 2 is 1.27 bits per heavy atom. The van der Waals surface area contributed by atoms with Gasteiger partial charge in [0.05, 0.1) is 82.8 Å². The summed E-state index contributed by atoms with van der Waals surface area (Å²) < 4.78 is 32.1. The number of rotatable bonds is 13. The van der Waals surface area contributed by atoms with Crippen LogP contribution < -0.4 is 31.2 Å². The summed E-state index contributed by atoms with van der Waals surface area (Å²) in [6.45, 7) is 21.6. The first-order chi connectivity index (χ1) is 53.7. The molecule has 113 heavy (non-hydrogen) atoms.